The summed E-state index contributed by atoms with van der Waals surface area (Å²) in [6, 6.07) is 5.71. The molecule has 26 heavy (non-hydrogen) atoms. The number of benzene rings is 1. The molecule has 2 rings (SSSR count). The Morgan fingerprint density at radius 3 is 2.50 bits per heavy atom. The molecule has 0 spiro atoms. The molecular weight excluding hydrogens is 359 g/mol. The van der Waals surface area contributed by atoms with Crippen LogP contribution in [-0.2, 0) is 0 Å². The molecule has 0 aliphatic heterocycles. The number of hydrogen-bond donors (Lipinski definition) is 0. The molecule has 0 saturated heterocycles. The number of carbonyl (C=O) groups excluding carboxylic acids is 1. The van der Waals surface area contributed by atoms with E-state index in [1.807, 2.05) is 18.7 Å². The fraction of sp³-hybridized carbons (Fsp3) is 0.389. The normalized spacial score (nSPS) is 10.5. The number of carbonyl (C=O) groups is 1. The van der Waals surface area contributed by atoms with Gasteiger partial charge in [-0.15, -0.1) is 0 Å². The van der Waals surface area contributed by atoms with Crippen molar-refractivity contribution in [3.05, 3.63) is 47.0 Å². The van der Waals surface area contributed by atoms with E-state index in [1.54, 1.807) is 7.05 Å². The second-order valence-electron chi connectivity index (χ2n) is 5.57. The topological polar surface area (TPSA) is 58.6 Å². The summed E-state index contributed by atoms with van der Waals surface area (Å²) in [5, 5.41) is 0.206. The van der Waals surface area contributed by atoms with Gasteiger partial charge in [-0.25, -0.2) is 14.4 Å². The third-order valence-electron chi connectivity index (χ3n) is 3.84. The number of amides is 1. The zero-order valence-corrected chi connectivity index (χ0v) is 15.8. The van der Waals surface area contributed by atoms with Crippen LogP contribution in [0.2, 0.25) is 5.02 Å². The molecule has 0 radical (unpaired) electrons. The first kappa shape index (κ1) is 19.9. The number of ether oxygens (including phenoxy) is 1. The zero-order chi connectivity index (χ0) is 19.1. The van der Waals surface area contributed by atoms with E-state index in [9.17, 15) is 9.18 Å². The summed E-state index contributed by atoms with van der Waals surface area (Å²) in [5.41, 5.74) is 0.160. The molecule has 6 nitrogen and oxygen atoms in total. The van der Waals surface area contributed by atoms with Crippen molar-refractivity contribution in [2.24, 2.45) is 0 Å². The Bertz CT molecular complexity index is 738. The Morgan fingerprint density at radius 2 is 1.88 bits per heavy atom. The number of likely N-dealkylation sites (N-methyl/N-ethyl adjacent to an activating group) is 1. The van der Waals surface area contributed by atoms with Crippen LogP contribution in [0.1, 0.15) is 24.3 Å². The molecule has 1 heterocycles. The summed E-state index contributed by atoms with van der Waals surface area (Å²) in [6.07, 6.45) is 1.44. The average molecular weight is 381 g/mol. The van der Waals surface area contributed by atoms with Crippen LogP contribution in [0, 0.1) is 5.82 Å². The van der Waals surface area contributed by atoms with Gasteiger partial charge in [0.05, 0.1) is 17.8 Å². The highest BCUT2D eigenvalue weighted by Crippen LogP contribution is 2.18. The van der Waals surface area contributed by atoms with Gasteiger partial charge >= 0.3 is 0 Å². The van der Waals surface area contributed by atoms with E-state index in [1.165, 1.54) is 35.4 Å². The molecule has 1 amide bonds. The van der Waals surface area contributed by atoms with E-state index < -0.39 is 0 Å². The number of nitrogens with zero attached hydrogens (tertiary/aromatic N) is 4. The lowest BCUT2D eigenvalue weighted by molar-refractivity contribution is 0.0768. The lowest BCUT2D eigenvalue weighted by Gasteiger charge is -2.21. The first-order valence-corrected chi connectivity index (χ1v) is 8.75. The van der Waals surface area contributed by atoms with Gasteiger partial charge in [0.25, 0.3) is 5.91 Å². The average Bonchev–Trinajstić information content (AvgIpc) is 2.65. The van der Waals surface area contributed by atoms with Crippen molar-refractivity contribution < 1.29 is 13.9 Å². The minimum atomic E-state index is -0.327. The fourth-order valence-electron chi connectivity index (χ4n) is 2.28. The van der Waals surface area contributed by atoms with Crippen LogP contribution < -0.4 is 9.64 Å². The summed E-state index contributed by atoms with van der Waals surface area (Å²) in [5.74, 6) is 0.371. The molecule has 1 aromatic carbocycles. The monoisotopic (exact) mass is 380 g/mol. The summed E-state index contributed by atoms with van der Waals surface area (Å²) in [4.78, 5) is 24.6. The molecule has 0 aliphatic carbocycles. The van der Waals surface area contributed by atoms with Crippen LogP contribution >= 0.6 is 11.6 Å². The van der Waals surface area contributed by atoms with Crippen molar-refractivity contribution in [3.8, 4) is 5.75 Å². The molecule has 0 saturated carbocycles. The van der Waals surface area contributed by atoms with Crippen LogP contribution in [0.15, 0.2) is 30.5 Å². The maximum absolute atomic E-state index is 12.9. The Hall–Kier alpha value is -2.41. The van der Waals surface area contributed by atoms with Gasteiger partial charge in [0.2, 0.25) is 5.95 Å². The highest BCUT2D eigenvalue weighted by atomic mass is 35.5. The Labute approximate surface area is 157 Å². The van der Waals surface area contributed by atoms with Crippen LogP contribution in [-0.4, -0.2) is 54.1 Å². The van der Waals surface area contributed by atoms with Crippen molar-refractivity contribution in [2.45, 2.75) is 13.8 Å². The molecule has 140 valence electrons. The highest BCUT2D eigenvalue weighted by Gasteiger charge is 2.19. The maximum atomic E-state index is 12.9. The van der Waals surface area contributed by atoms with Gasteiger partial charge in [-0.2, -0.15) is 0 Å². The van der Waals surface area contributed by atoms with E-state index in [-0.39, 0.29) is 29.0 Å². The summed E-state index contributed by atoms with van der Waals surface area (Å²) >= 11 is 6.11. The summed E-state index contributed by atoms with van der Waals surface area (Å²) in [6.45, 7) is 6.03. The van der Waals surface area contributed by atoms with Gasteiger partial charge in [0.15, 0.2) is 5.69 Å². The molecule has 0 unspecified atom stereocenters. The molecular formula is C18H22ClFN4O2. The Kier molecular flexibility index (Phi) is 7.15. The predicted molar refractivity (Wildman–Crippen MR) is 99.5 cm³/mol. The largest absolute Gasteiger partial charge is 0.492 e. The van der Waals surface area contributed by atoms with Gasteiger partial charge in [0, 0.05) is 20.1 Å². The van der Waals surface area contributed by atoms with Crippen molar-refractivity contribution >= 4 is 23.5 Å². The van der Waals surface area contributed by atoms with Gasteiger partial charge in [-0.3, -0.25) is 4.79 Å². The molecule has 0 N–H and O–H groups in total. The molecule has 1 aromatic heterocycles. The Morgan fingerprint density at radius 1 is 1.23 bits per heavy atom. The van der Waals surface area contributed by atoms with Gasteiger partial charge in [0.1, 0.15) is 18.2 Å². The minimum absolute atomic E-state index is 0.160. The van der Waals surface area contributed by atoms with Crippen molar-refractivity contribution in [1.82, 2.24) is 14.9 Å². The van der Waals surface area contributed by atoms with E-state index in [2.05, 4.69) is 9.97 Å². The second-order valence-corrected chi connectivity index (χ2v) is 5.98. The van der Waals surface area contributed by atoms with E-state index >= 15 is 0 Å². The molecule has 8 heteroatoms. The third kappa shape index (κ3) is 5.05. The SMILES string of the molecule is CCN(CC)c1ncc(Cl)c(C(=O)N(C)CCOc2ccc(F)cc2)n1. The van der Waals surface area contributed by atoms with Crippen molar-refractivity contribution in [2.75, 3.05) is 38.2 Å². The quantitative estimate of drug-likeness (QED) is 0.703. The zero-order valence-electron chi connectivity index (χ0n) is 15.1. The van der Waals surface area contributed by atoms with E-state index in [0.717, 1.165) is 13.1 Å². The molecule has 0 atom stereocenters. The lowest BCUT2D eigenvalue weighted by atomic mass is 10.3. The van der Waals surface area contributed by atoms with Crippen molar-refractivity contribution in [1.29, 1.82) is 0 Å². The number of hydrogen-bond acceptors (Lipinski definition) is 5. The van der Waals surface area contributed by atoms with Crippen molar-refractivity contribution in [3.63, 3.8) is 0 Å². The summed E-state index contributed by atoms with van der Waals surface area (Å²) in [7, 11) is 1.64. The second kappa shape index (κ2) is 9.33. The first-order chi connectivity index (χ1) is 12.5. The summed E-state index contributed by atoms with van der Waals surface area (Å²) < 4.78 is 18.4. The van der Waals surface area contributed by atoms with Crippen LogP contribution in [0.25, 0.3) is 0 Å². The number of rotatable bonds is 8. The molecule has 0 bridgehead atoms. The fourth-order valence-corrected chi connectivity index (χ4v) is 2.45. The maximum Gasteiger partial charge on any atom is 0.274 e. The van der Waals surface area contributed by atoms with E-state index in [0.29, 0.717) is 18.2 Å². The van der Waals surface area contributed by atoms with Gasteiger partial charge in [-0.05, 0) is 38.1 Å². The van der Waals surface area contributed by atoms with E-state index in [4.69, 9.17) is 16.3 Å². The third-order valence-corrected chi connectivity index (χ3v) is 4.11. The number of anilines is 1. The number of halogens is 2. The molecule has 0 fully saturated rings. The van der Waals surface area contributed by atoms with Crippen LogP contribution in [0.4, 0.5) is 10.3 Å². The smallest absolute Gasteiger partial charge is 0.274 e. The number of aromatic nitrogens is 2. The lowest BCUT2D eigenvalue weighted by Crippen LogP contribution is -2.32. The van der Waals surface area contributed by atoms with Gasteiger partial charge in [-0.1, -0.05) is 11.6 Å². The minimum Gasteiger partial charge on any atom is -0.492 e. The standard InChI is InChI=1S/C18H22ClFN4O2/c1-4-24(5-2)18-21-12-15(19)16(22-18)17(25)23(3)10-11-26-14-8-6-13(20)7-9-14/h6-9,12H,4-5,10-11H2,1-3H3. The highest BCUT2D eigenvalue weighted by molar-refractivity contribution is 6.33. The van der Waals surface area contributed by atoms with Gasteiger partial charge < -0.3 is 14.5 Å². The van der Waals surface area contributed by atoms with Crippen LogP contribution in [0.5, 0.6) is 5.75 Å². The first-order valence-electron chi connectivity index (χ1n) is 8.37. The Balaban J connectivity index is 2.00. The predicted octanol–water partition coefficient (Wildman–Crippen LogP) is 3.27. The van der Waals surface area contributed by atoms with Crippen LogP contribution in [0.3, 0.4) is 0 Å². The molecule has 2 aromatic rings. The molecule has 0 aliphatic rings.